The number of methoxy groups -OCH3 is 4. The van der Waals surface area contributed by atoms with Gasteiger partial charge in [0.1, 0.15) is 52.4 Å². The number of rotatable bonds is 12. The molecule has 0 radical (unpaired) electrons. The highest BCUT2D eigenvalue weighted by atomic mass is 16.5. The first-order valence-corrected chi connectivity index (χ1v) is 8.32. The van der Waals surface area contributed by atoms with Crippen molar-refractivity contribution < 1.29 is 27.9 Å². The van der Waals surface area contributed by atoms with E-state index in [2.05, 4.69) is 0 Å². The van der Waals surface area contributed by atoms with Crippen molar-refractivity contribution in [3.05, 3.63) is 0 Å². The lowest BCUT2D eigenvalue weighted by Gasteiger charge is -2.49. The third-order valence-electron chi connectivity index (χ3n) is 5.18. The van der Waals surface area contributed by atoms with Crippen LogP contribution in [0, 0.1) is 0 Å². The zero-order valence-corrected chi connectivity index (χ0v) is 15.0. The summed E-state index contributed by atoms with van der Waals surface area (Å²) in [4.78, 5) is 0. The molecule has 0 bridgehead atoms. The Labute approximate surface area is 136 Å². The van der Waals surface area contributed by atoms with Gasteiger partial charge in [-0.05, 0) is 0 Å². The second kappa shape index (κ2) is 10.5. The van der Waals surface area contributed by atoms with Gasteiger partial charge in [-0.25, -0.2) is 0 Å². The number of ether oxygens (including phenoxy) is 4. The predicted molar refractivity (Wildman–Crippen MR) is 87.0 cm³/mol. The van der Waals surface area contributed by atoms with Gasteiger partial charge < -0.3 is 27.9 Å². The van der Waals surface area contributed by atoms with Crippen LogP contribution in [0.15, 0.2) is 0 Å². The van der Waals surface area contributed by atoms with Crippen molar-refractivity contribution in [2.24, 2.45) is 0 Å². The molecule has 1 fully saturated rings. The average Bonchev–Trinajstić information content (AvgIpc) is 2.56. The number of nitrogens with zero attached hydrogens (tertiary/aromatic N) is 2. The molecule has 1 aliphatic rings. The molecular weight excluding hydrogens is 284 g/mol. The summed E-state index contributed by atoms with van der Waals surface area (Å²) in [6.07, 6.45) is 0. The van der Waals surface area contributed by atoms with Crippen LogP contribution in [0.5, 0.6) is 0 Å². The van der Waals surface area contributed by atoms with Crippen molar-refractivity contribution in [2.45, 2.75) is 0 Å². The Bertz CT molecular complexity index is 233. The molecule has 0 aromatic rings. The van der Waals surface area contributed by atoms with Gasteiger partial charge in [0.05, 0.1) is 26.4 Å². The van der Waals surface area contributed by atoms with Gasteiger partial charge in [-0.1, -0.05) is 0 Å². The van der Waals surface area contributed by atoms with E-state index in [0.29, 0.717) is 0 Å². The maximum atomic E-state index is 5.33. The fourth-order valence-corrected chi connectivity index (χ4v) is 3.33. The molecule has 0 aromatic carbocycles. The van der Waals surface area contributed by atoms with Crippen molar-refractivity contribution in [3.63, 3.8) is 0 Å². The van der Waals surface area contributed by atoms with E-state index in [0.717, 1.165) is 61.6 Å². The Kier molecular flexibility index (Phi) is 9.47. The van der Waals surface area contributed by atoms with Crippen LogP contribution in [0.4, 0.5) is 0 Å². The zero-order chi connectivity index (χ0) is 16.3. The van der Waals surface area contributed by atoms with E-state index >= 15 is 0 Å². The minimum Gasteiger partial charge on any atom is -0.379 e. The predicted octanol–water partition coefficient (Wildman–Crippen LogP) is 0.219. The third kappa shape index (κ3) is 6.10. The molecule has 22 heavy (non-hydrogen) atoms. The van der Waals surface area contributed by atoms with E-state index in [1.165, 1.54) is 26.2 Å². The lowest BCUT2D eigenvalue weighted by atomic mass is 10.1. The topological polar surface area (TPSA) is 36.9 Å². The van der Waals surface area contributed by atoms with Crippen LogP contribution in [-0.4, -0.2) is 116 Å². The van der Waals surface area contributed by atoms with Crippen LogP contribution < -0.4 is 0 Å². The number of quaternary nitrogens is 2. The average molecular weight is 320 g/mol. The monoisotopic (exact) mass is 320 g/mol. The van der Waals surface area contributed by atoms with E-state index in [1.807, 2.05) is 0 Å². The van der Waals surface area contributed by atoms with Gasteiger partial charge in [-0.15, -0.1) is 0 Å². The van der Waals surface area contributed by atoms with Gasteiger partial charge in [-0.3, -0.25) is 0 Å². The van der Waals surface area contributed by atoms with Crippen molar-refractivity contribution in [1.29, 1.82) is 0 Å². The van der Waals surface area contributed by atoms with Crippen LogP contribution in [0.2, 0.25) is 0 Å². The maximum absolute atomic E-state index is 5.33. The molecule has 1 saturated heterocycles. The van der Waals surface area contributed by atoms with E-state index in [9.17, 15) is 0 Å². The minimum absolute atomic E-state index is 0.819. The third-order valence-corrected chi connectivity index (χ3v) is 5.18. The smallest absolute Gasteiger partial charge is 0.129 e. The summed E-state index contributed by atoms with van der Waals surface area (Å²) in [5, 5.41) is 0. The fourth-order valence-electron chi connectivity index (χ4n) is 3.33. The highest BCUT2D eigenvalue weighted by Gasteiger charge is 2.41. The van der Waals surface area contributed by atoms with Crippen molar-refractivity contribution in [3.8, 4) is 0 Å². The van der Waals surface area contributed by atoms with Gasteiger partial charge in [0.25, 0.3) is 0 Å². The Hall–Kier alpha value is -0.240. The molecule has 0 N–H and O–H groups in total. The summed E-state index contributed by atoms with van der Waals surface area (Å²) in [5.74, 6) is 0. The summed E-state index contributed by atoms with van der Waals surface area (Å²) in [5.41, 5.74) is 0. The lowest BCUT2D eigenvalue weighted by Crippen LogP contribution is -2.69. The molecular formula is C16H36N2O4+2. The van der Waals surface area contributed by atoms with Gasteiger partial charge in [0.15, 0.2) is 0 Å². The molecule has 6 nitrogen and oxygen atoms in total. The van der Waals surface area contributed by atoms with Gasteiger partial charge >= 0.3 is 0 Å². The van der Waals surface area contributed by atoms with Crippen LogP contribution in [0.25, 0.3) is 0 Å². The van der Waals surface area contributed by atoms with Crippen LogP contribution in [0.1, 0.15) is 0 Å². The standard InChI is InChI=1S/C16H36N2O4/c1-19-13-9-17(10-14-20-2)5-7-18(8-6-17,11-15-21-3)12-16-22-4/h5-16H2,1-4H3/q+2. The van der Waals surface area contributed by atoms with Gasteiger partial charge in [0.2, 0.25) is 0 Å². The van der Waals surface area contributed by atoms with E-state index < -0.39 is 0 Å². The zero-order valence-electron chi connectivity index (χ0n) is 15.0. The Balaban J connectivity index is 2.65. The van der Waals surface area contributed by atoms with Gasteiger partial charge in [0, 0.05) is 28.4 Å². The largest absolute Gasteiger partial charge is 0.379 e. The summed E-state index contributed by atoms with van der Waals surface area (Å²) in [7, 11) is 7.14. The molecule has 132 valence electrons. The normalized spacial score (nSPS) is 20.2. The van der Waals surface area contributed by atoms with Crippen molar-refractivity contribution >= 4 is 0 Å². The summed E-state index contributed by atoms with van der Waals surface area (Å²) >= 11 is 0. The highest BCUT2D eigenvalue weighted by molar-refractivity contribution is 4.57. The van der Waals surface area contributed by atoms with E-state index in [1.54, 1.807) is 28.4 Å². The van der Waals surface area contributed by atoms with Crippen LogP contribution in [-0.2, 0) is 18.9 Å². The van der Waals surface area contributed by atoms with Gasteiger partial charge in [-0.2, -0.15) is 0 Å². The molecule has 0 saturated carbocycles. The van der Waals surface area contributed by atoms with Crippen LogP contribution >= 0.6 is 0 Å². The SMILES string of the molecule is COCC[N+]1(CCOC)CC[N+](CCOC)(CCOC)CC1. The molecule has 0 amide bonds. The molecule has 1 rings (SSSR count). The Morgan fingerprint density at radius 2 is 0.727 bits per heavy atom. The molecule has 0 spiro atoms. The quantitative estimate of drug-likeness (QED) is 0.482. The summed E-state index contributed by atoms with van der Waals surface area (Å²) < 4.78 is 23.5. The van der Waals surface area contributed by atoms with Crippen LogP contribution in [0.3, 0.4) is 0 Å². The van der Waals surface area contributed by atoms with E-state index in [-0.39, 0.29) is 0 Å². The molecule has 1 aliphatic heterocycles. The molecule has 0 atom stereocenters. The van der Waals surface area contributed by atoms with E-state index in [4.69, 9.17) is 18.9 Å². The minimum atomic E-state index is 0.819. The second-order valence-electron chi connectivity index (χ2n) is 6.44. The Morgan fingerprint density at radius 1 is 0.500 bits per heavy atom. The summed E-state index contributed by atoms with van der Waals surface area (Å²) in [6, 6.07) is 0. The second-order valence-corrected chi connectivity index (χ2v) is 6.44. The first-order chi connectivity index (χ1) is 10.7. The maximum Gasteiger partial charge on any atom is 0.129 e. The number of hydrogen-bond donors (Lipinski definition) is 0. The Morgan fingerprint density at radius 3 is 0.909 bits per heavy atom. The molecule has 6 heteroatoms. The van der Waals surface area contributed by atoms with Crippen molar-refractivity contribution in [2.75, 3.05) is 107 Å². The fraction of sp³-hybridized carbons (Fsp3) is 1.00. The molecule has 0 aromatic heterocycles. The first-order valence-electron chi connectivity index (χ1n) is 8.32. The lowest BCUT2D eigenvalue weighted by molar-refractivity contribution is -1.03. The number of piperazine rings is 1. The highest BCUT2D eigenvalue weighted by Crippen LogP contribution is 2.20. The number of hydrogen-bond acceptors (Lipinski definition) is 4. The van der Waals surface area contributed by atoms with Crippen molar-refractivity contribution in [1.82, 2.24) is 0 Å². The summed E-state index contributed by atoms with van der Waals surface area (Å²) in [6.45, 7) is 12.3. The molecule has 0 aliphatic carbocycles. The first kappa shape index (κ1) is 19.8. The molecule has 1 heterocycles. The molecule has 0 unspecified atom stereocenters.